The van der Waals surface area contributed by atoms with E-state index in [9.17, 15) is 0 Å². The Morgan fingerprint density at radius 1 is 0.588 bits per heavy atom. The fourth-order valence-electron chi connectivity index (χ4n) is 3.12. The summed E-state index contributed by atoms with van der Waals surface area (Å²) in [5.41, 5.74) is 4.69. The first-order valence-corrected chi connectivity index (χ1v) is 15.0. The number of benzene rings is 1. The number of unbranched alkanes of at least 4 members (excludes halogenated alkanes) is 1. The van der Waals surface area contributed by atoms with Crippen LogP contribution < -0.4 is 0 Å². The van der Waals surface area contributed by atoms with Crippen molar-refractivity contribution in [2.24, 2.45) is 5.92 Å². The average Bonchev–Trinajstić information content (AvgIpc) is 2.92. The number of hydrogen-bond acceptors (Lipinski definition) is 0. The van der Waals surface area contributed by atoms with Gasteiger partial charge in [-0.2, -0.15) is 0 Å². The van der Waals surface area contributed by atoms with E-state index in [1.54, 1.807) is 11.1 Å². The Bertz CT molecular complexity index is 476. The summed E-state index contributed by atoms with van der Waals surface area (Å²) < 4.78 is 0. The molecule has 1 aromatic rings. The smallest absolute Gasteiger partial charge is 0.0163 e. The largest absolute Gasteiger partial charge is 0.0727 e. The fourth-order valence-corrected chi connectivity index (χ4v) is 3.12. The third-order valence-corrected chi connectivity index (χ3v) is 4.73. The Kier molecular flexibility index (Phi) is 52.8. The van der Waals surface area contributed by atoms with Crippen molar-refractivity contribution in [3.8, 4) is 0 Å². The molecule has 0 amide bonds. The summed E-state index contributed by atoms with van der Waals surface area (Å²) >= 11 is 0. The molecular weight excluding hydrogens is 408 g/mol. The monoisotopic (exact) mass is 477 g/mol. The number of hydrogen-bond donors (Lipinski definition) is 0. The zero-order chi connectivity index (χ0) is 27.6. The van der Waals surface area contributed by atoms with Crippen molar-refractivity contribution in [1.82, 2.24) is 0 Å². The van der Waals surface area contributed by atoms with Gasteiger partial charge in [-0.3, -0.25) is 0 Å². The molecule has 1 unspecified atom stereocenters. The van der Waals surface area contributed by atoms with E-state index in [4.69, 9.17) is 0 Å². The molecule has 0 N–H and O–H groups in total. The van der Waals surface area contributed by atoms with Crippen molar-refractivity contribution in [1.29, 1.82) is 0 Å². The van der Waals surface area contributed by atoms with Crippen LogP contribution in [-0.4, -0.2) is 0 Å². The van der Waals surface area contributed by atoms with E-state index in [0.717, 1.165) is 5.92 Å². The van der Waals surface area contributed by atoms with Crippen molar-refractivity contribution < 1.29 is 0 Å². The third-order valence-electron chi connectivity index (χ3n) is 4.73. The Hall–Kier alpha value is -1.30. The van der Waals surface area contributed by atoms with Crippen LogP contribution in [0.4, 0.5) is 0 Å². The predicted molar refractivity (Wildman–Crippen MR) is 166 cm³/mol. The van der Waals surface area contributed by atoms with Crippen LogP contribution in [0.15, 0.2) is 53.6 Å². The molecule has 0 heteroatoms. The summed E-state index contributed by atoms with van der Waals surface area (Å²) in [4.78, 5) is 0. The van der Waals surface area contributed by atoms with E-state index in [0.29, 0.717) is 0 Å². The Labute approximate surface area is 219 Å². The lowest BCUT2D eigenvalue weighted by Gasteiger charge is -2.23. The van der Waals surface area contributed by atoms with E-state index >= 15 is 0 Å². The van der Waals surface area contributed by atoms with Crippen LogP contribution in [0.2, 0.25) is 0 Å². The van der Waals surface area contributed by atoms with Crippen LogP contribution in [-0.2, 0) is 6.42 Å². The average molecular weight is 477 g/mol. The van der Waals surface area contributed by atoms with Gasteiger partial charge in [0.1, 0.15) is 0 Å². The van der Waals surface area contributed by atoms with Crippen molar-refractivity contribution in [3.05, 3.63) is 59.2 Å². The summed E-state index contributed by atoms with van der Waals surface area (Å²) in [7, 11) is 0. The van der Waals surface area contributed by atoms with Crippen LogP contribution in [0.3, 0.4) is 0 Å². The van der Waals surface area contributed by atoms with E-state index < -0.39 is 0 Å². The normalized spacial score (nSPS) is 12.7. The molecule has 1 aromatic carbocycles. The first-order valence-electron chi connectivity index (χ1n) is 15.0. The minimum atomic E-state index is 0.856. The highest BCUT2D eigenvalue weighted by atomic mass is 14.2. The van der Waals surface area contributed by atoms with Crippen molar-refractivity contribution in [2.45, 2.75) is 155 Å². The molecule has 0 aliphatic heterocycles. The molecule has 1 aliphatic rings. The Morgan fingerprint density at radius 3 is 1.44 bits per heavy atom. The quantitative estimate of drug-likeness (QED) is 0.367. The van der Waals surface area contributed by atoms with Crippen LogP contribution in [0.5, 0.6) is 0 Å². The summed E-state index contributed by atoms with van der Waals surface area (Å²) in [6.45, 7) is 29.4. The molecule has 1 atom stereocenters. The van der Waals surface area contributed by atoms with E-state index in [2.05, 4.69) is 84.0 Å². The second kappa shape index (κ2) is 41.9. The van der Waals surface area contributed by atoms with Gasteiger partial charge in [-0.25, -0.2) is 0 Å². The topological polar surface area (TPSA) is 0 Å². The van der Waals surface area contributed by atoms with Crippen LogP contribution in [0, 0.1) is 5.92 Å². The first kappa shape index (κ1) is 42.8. The first-order chi connectivity index (χ1) is 16.6. The minimum absolute atomic E-state index is 0.856. The summed E-state index contributed by atoms with van der Waals surface area (Å²) in [6.07, 6.45) is 16.3. The second-order valence-electron chi connectivity index (χ2n) is 7.43. The molecule has 204 valence electrons. The number of aryl methyl sites for hydroxylation is 1. The molecule has 34 heavy (non-hydrogen) atoms. The fraction of sp³-hybridized carbons (Fsp3) is 0.706. The van der Waals surface area contributed by atoms with Gasteiger partial charge >= 0.3 is 0 Å². The molecule has 1 aliphatic carbocycles. The molecule has 0 spiro atoms. The van der Waals surface area contributed by atoms with Gasteiger partial charge in [0.15, 0.2) is 0 Å². The van der Waals surface area contributed by atoms with Gasteiger partial charge in [0.25, 0.3) is 0 Å². The molecule has 0 nitrogen and oxygen atoms in total. The summed E-state index contributed by atoms with van der Waals surface area (Å²) in [6, 6.07) is 10.6. The van der Waals surface area contributed by atoms with Gasteiger partial charge in [-0.15, -0.1) is 0 Å². The van der Waals surface area contributed by atoms with E-state index in [1.165, 1.54) is 63.4 Å². The van der Waals surface area contributed by atoms with E-state index in [1.807, 2.05) is 55.4 Å². The predicted octanol–water partition coefficient (Wildman–Crippen LogP) is 13.0. The molecule has 0 fully saturated rings. The molecule has 0 saturated carbocycles. The molecule has 0 aromatic heterocycles. The van der Waals surface area contributed by atoms with Gasteiger partial charge < -0.3 is 0 Å². The highest BCUT2D eigenvalue weighted by molar-refractivity contribution is 5.25. The van der Waals surface area contributed by atoms with Gasteiger partial charge in [0.05, 0.1) is 0 Å². The van der Waals surface area contributed by atoms with Gasteiger partial charge in [-0.1, -0.05) is 176 Å². The SMILES string of the molecule is CC.CC.CC.CC.CCCC.CCCC1=CC=C(C)CC1CCC.CCCc1ccccc1. The van der Waals surface area contributed by atoms with Crippen molar-refractivity contribution in [3.63, 3.8) is 0 Å². The zero-order valence-corrected chi connectivity index (χ0v) is 26.5. The van der Waals surface area contributed by atoms with Crippen LogP contribution >= 0.6 is 0 Å². The van der Waals surface area contributed by atoms with Crippen LogP contribution in [0.1, 0.15) is 154 Å². The molecule has 0 bridgehead atoms. The molecular formula is C34H68. The highest BCUT2D eigenvalue weighted by Gasteiger charge is 2.15. The third kappa shape index (κ3) is 30.7. The minimum Gasteiger partial charge on any atom is -0.0727 e. The lowest BCUT2D eigenvalue weighted by Crippen LogP contribution is -2.08. The van der Waals surface area contributed by atoms with E-state index in [-0.39, 0.29) is 0 Å². The number of rotatable bonds is 7. The maximum atomic E-state index is 2.36. The number of allylic oxidation sites excluding steroid dienone is 4. The maximum Gasteiger partial charge on any atom is -0.0163 e. The standard InChI is InChI=1S/C13H22.C9H12.C4H10.4C2H6/c1-4-6-12-9-8-11(3)10-13(12)7-5-2;1-2-6-9-7-4-3-5-8-9;1-3-4-2;4*1-2/h8-9,13H,4-7,10H2,1-3H3;3-5,7-8H,2,6H2,1H3;3-4H2,1-2H3;4*1-2H3. The Balaban J connectivity index is -0.000000116. The van der Waals surface area contributed by atoms with Crippen molar-refractivity contribution in [2.75, 3.05) is 0 Å². The molecule has 0 saturated heterocycles. The Morgan fingerprint density at radius 2 is 1.06 bits per heavy atom. The lowest BCUT2D eigenvalue weighted by molar-refractivity contribution is 0.519. The zero-order valence-electron chi connectivity index (χ0n) is 26.5. The van der Waals surface area contributed by atoms with Gasteiger partial charge in [0.2, 0.25) is 0 Å². The van der Waals surface area contributed by atoms with Gasteiger partial charge in [0, 0.05) is 0 Å². The van der Waals surface area contributed by atoms with Gasteiger partial charge in [-0.05, 0) is 44.1 Å². The highest BCUT2D eigenvalue weighted by Crippen LogP contribution is 2.31. The van der Waals surface area contributed by atoms with Crippen molar-refractivity contribution >= 4 is 0 Å². The summed E-state index contributed by atoms with van der Waals surface area (Å²) in [5, 5.41) is 0. The lowest BCUT2D eigenvalue weighted by atomic mass is 9.83. The summed E-state index contributed by atoms with van der Waals surface area (Å²) in [5.74, 6) is 0.856. The maximum absolute atomic E-state index is 2.36. The molecule has 2 rings (SSSR count). The van der Waals surface area contributed by atoms with Crippen LogP contribution in [0.25, 0.3) is 0 Å². The molecule has 0 heterocycles. The second-order valence-corrected chi connectivity index (χ2v) is 7.43. The molecule has 0 radical (unpaired) electrons.